The molecule has 1 heterocycles. The zero-order valence-corrected chi connectivity index (χ0v) is 20.8. The number of nitrogens with one attached hydrogen (secondary N) is 3. The Morgan fingerprint density at radius 1 is 0.848 bits per heavy atom. The number of hydrogen-bond donors (Lipinski definition) is 3. The highest BCUT2D eigenvalue weighted by atomic mass is 32.1. The van der Waals surface area contributed by atoms with E-state index in [0.717, 1.165) is 30.8 Å². The molecule has 2 atom stereocenters. The van der Waals surface area contributed by atoms with Crippen LogP contribution in [0, 0.1) is 0 Å². The third kappa shape index (κ3) is 16.7. The first-order valence-electron chi connectivity index (χ1n) is 11.7. The van der Waals surface area contributed by atoms with Gasteiger partial charge in [-0.3, -0.25) is 9.59 Å². The molecule has 33 heavy (non-hydrogen) atoms. The number of amides is 1. The fraction of sp³-hybridized carbons (Fsp3) is 0.864. The Bertz CT molecular complexity index is 554. The minimum atomic E-state index is -0.286. The van der Waals surface area contributed by atoms with Gasteiger partial charge in [-0.15, -0.1) is 0 Å². The molecule has 0 aliphatic carbocycles. The first-order valence-corrected chi connectivity index (χ1v) is 12.1. The van der Waals surface area contributed by atoms with Crippen LogP contribution in [0.2, 0.25) is 0 Å². The van der Waals surface area contributed by atoms with Crippen molar-refractivity contribution < 1.29 is 33.3 Å². The largest absolute Gasteiger partial charge is 0.469 e. The average Bonchev–Trinajstić information content (AvgIpc) is 3.12. The minimum Gasteiger partial charge on any atom is -0.469 e. The highest BCUT2D eigenvalue weighted by Crippen LogP contribution is 2.11. The monoisotopic (exact) mass is 491 g/mol. The van der Waals surface area contributed by atoms with Crippen LogP contribution < -0.4 is 16.0 Å². The van der Waals surface area contributed by atoms with Crippen LogP contribution in [0.15, 0.2) is 0 Å². The molecule has 0 aromatic carbocycles. The Morgan fingerprint density at radius 3 is 2.03 bits per heavy atom. The second kappa shape index (κ2) is 19.9. The summed E-state index contributed by atoms with van der Waals surface area (Å²) >= 11 is 5.12. The van der Waals surface area contributed by atoms with E-state index in [2.05, 4.69) is 27.6 Å². The molecule has 0 unspecified atom stereocenters. The van der Waals surface area contributed by atoms with Crippen LogP contribution in [-0.4, -0.2) is 95.6 Å². The van der Waals surface area contributed by atoms with Crippen LogP contribution in [0.1, 0.15) is 45.4 Å². The van der Waals surface area contributed by atoms with Crippen molar-refractivity contribution in [1.82, 2.24) is 16.0 Å². The molecule has 1 amide bonds. The number of ether oxygens (including phenoxy) is 5. The van der Waals surface area contributed by atoms with E-state index in [1.807, 2.05) is 0 Å². The van der Waals surface area contributed by atoms with E-state index in [9.17, 15) is 9.59 Å². The molecule has 1 saturated heterocycles. The van der Waals surface area contributed by atoms with Crippen LogP contribution in [0.3, 0.4) is 0 Å². The molecule has 11 heteroatoms. The van der Waals surface area contributed by atoms with Gasteiger partial charge in [0.1, 0.15) is 0 Å². The summed E-state index contributed by atoms with van der Waals surface area (Å²) in [5, 5.41) is 10.1. The molecule has 3 N–H and O–H groups in total. The van der Waals surface area contributed by atoms with E-state index in [0.29, 0.717) is 77.9 Å². The molecule has 0 saturated carbocycles. The van der Waals surface area contributed by atoms with Gasteiger partial charge in [0.15, 0.2) is 5.11 Å². The van der Waals surface area contributed by atoms with Gasteiger partial charge in [-0.2, -0.15) is 0 Å². The van der Waals surface area contributed by atoms with E-state index in [4.69, 9.17) is 31.2 Å². The zero-order chi connectivity index (χ0) is 24.2. The lowest BCUT2D eigenvalue weighted by molar-refractivity contribution is -0.142. The third-order valence-electron chi connectivity index (χ3n) is 5.06. The molecule has 0 radical (unpaired) electrons. The normalized spacial score (nSPS) is 17.5. The summed E-state index contributed by atoms with van der Waals surface area (Å²) in [6, 6.07) is 0.765. The average molecular weight is 492 g/mol. The fourth-order valence-electron chi connectivity index (χ4n) is 3.16. The SMILES string of the molecule is COC(=O)CCOCCOCCOCCOCCNC(=O)CCCCC[C@H]1NC(=S)N[C@H]1C. The van der Waals surface area contributed by atoms with Crippen molar-refractivity contribution in [2.75, 3.05) is 66.5 Å². The fourth-order valence-corrected chi connectivity index (χ4v) is 3.50. The summed E-state index contributed by atoms with van der Waals surface area (Å²) < 4.78 is 26.0. The Balaban J connectivity index is 1.75. The lowest BCUT2D eigenvalue weighted by Crippen LogP contribution is -2.30. The summed E-state index contributed by atoms with van der Waals surface area (Å²) in [5.41, 5.74) is 0. The Hall–Kier alpha value is -1.53. The number of unbranched alkanes of at least 4 members (excludes halogenated alkanes) is 2. The molecule has 0 spiro atoms. The van der Waals surface area contributed by atoms with Crippen molar-refractivity contribution in [2.24, 2.45) is 0 Å². The van der Waals surface area contributed by atoms with Crippen LogP contribution in [0.25, 0.3) is 0 Å². The van der Waals surface area contributed by atoms with Gasteiger partial charge in [-0.1, -0.05) is 12.8 Å². The van der Waals surface area contributed by atoms with E-state index in [-0.39, 0.29) is 18.3 Å². The second-order valence-corrected chi connectivity index (χ2v) is 8.15. The predicted molar refractivity (Wildman–Crippen MR) is 128 cm³/mol. The lowest BCUT2D eigenvalue weighted by atomic mass is 10.0. The Labute approximate surface area is 202 Å². The van der Waals surface area contributed by atoms with Crippen LogP contribution >= 0.6 is 12.2 Å². The number of thiocarbonyl (C=S) groups is 1. The molecule has 0 bridgehead atoms. The topological polar surface area (TPSA) is 116 Å². The van der Waals surface area contributed by atoms with Crippen molar-refractivity contribution in [3.05, 3.63) is 0 Å². The molecule has 1 aliphatic rings. The number of carbonyl (C=O) groups is 2. The Morgan fingerprint density at radius 2 is 1.45 bits per heavy atom. The van der Waals surface area contributed by atoms with E-state index >= 15 is 0 Å². The molecule has 0 aromatic rings. The van der Waals surface area contributed by atoms with Crippen LogP contribution in [0.4, 0.5) is 0 Å². The maximum atomic E-state index is 11.8. The maximum Gasteiger partial charge on any atom is 0.307 e. The van der Waals surface area contributed by atoms with Gasteiger partial charge in [0.2, 0.25) is 5.91 Å². The van der Waals surface area contributed by atoms with Crippen molar-refractivity contribution in [1.29, 1.82) is 0 Å². The summed E-state index contributed by atoms with van der Waals surface area (Å²) in [5.74, 6) is -0.219. The van der Waals surface area contributed by atoms with Gasteiger partial charge in [0.05, 0.1) is 66.4 Å². The molecule has 10 nitrogen and oxygen atoms in total. The van der Waals surface area contributed by atoms with Crippen molar-refractivity contribution in [2.45, 2.75) is 57.5 Å². The summed E-state index contributed by atoms with van der Waals surface area (Å²) in [7, 11) is 1.35. The smallest absolute Gasteiger partial charge is 0.307 e. The highest BCUT2D eigenvalue weighted by molar-refractivity contribution is 7.80. The molecule has 0 aromatic heterocycles. The molecule has 1 aliphatic heterocycles. The summed E-state index contributed by atoms with van der Waals surface area (Å²) in [6.45, 7) is 6.19. The summed E-state index contributed by atoms with van der Waals surface area (Å²) in [4.78, 5) is 22.7. The number of esters is 1. The number of carbonyl (C=O) groups excluding carboxylic acids is 2. The zero-order valence-electron chi connectivity index (χ0n) is 20.0. The molecule has 1 rings (SSSR count). The quantitative estimate of drug-likeness (QED) is 0.122. The summed E-state index contributed by atoms with van der Waals surface area (Å²) in [6.07, 6.45) is 4.86. The van der Waals surface area contributed by atoms with Crippen LogP contribution in [0.5, 0.6) is 0 Å². The van der Waals surface area contributed by atoms with Gasteiger partial charge in [-0.05, 0) is 32.0 Å². The highest BCUT2D eigenvalue weighted by Gasteiger charge is 2.24. The second-order valence-electron chi connectivity index (χ2n) is 7.74. The van der Waals surface area contributed by atoms with E-state index in [1.165, 1.54) is 7.11 Å². The third-order valence-corrected chi connectivity index (χ3v) is 5.30. The molecule has 192 valence electrons. The molecular weight excluding hydrogens is 450 g/mol. The maximum absolute atomic E-state index is 11.8. The van der Waals surface area contributed by atoms with Gasteiger partial charge >= 0.3 is 5.97 Å². The van der Waals surface area contributed by atoms with Gasteiger partial charge in [0, 0.05) is 25.0 Å². The number of rotatable bonds is 21. The number of hydrogen-bond acceptors (Lipinski definition) is 8. The lowest BCUT2D eigenvalue weighted by Gasteiger charge is -2.14. The van der Waals surface area contributed by atoms with Crippen molar-refractivity contribution >= 4 is 29.2 Å². The molecule has 1 fully saturated rings. The first kappa shape index (κ1) is 29.5. The minimum absolute atomic E-state index is 0.0662. The van der Waals surface area contributed by atoms with Crippen molar-refractivity contribution in [3.8, 4) is 0 Å². The van der Waals surface area contributed by atoms with E-state index in [1.54, 1.807) is 0 Å². The Kier molecular flexibility index (Phi) is 17.8. The van der Waals surface area contributed by atoms with Gasteiger partial charge in [-0.25, -0.2) is 0 Å². The van der Waals surface area contributed by atoms with Gasteiger partial charge < -0.3 is 39.6 Å². The molecular formula is C22H41N3O7S. The predicted octanol–water partition coefficient (Wildman–Crippen LogP) is 0.917. The number of methoxy groups -OCH3 is 1. The standard InChI is InChI=1S/C22H41N3O7S/c1-18-19(25-22(33)24-18)6-4-3-5-7-20(26)23-9-11-30-13-15-32-17-16-31-14-12-29-10-8-21(27)28-2/h18-19H,3-17H2,1-2H3,(H,23,26)(H2,24,25,33)/t18-,19+/m0/s1. The van der Waals surface area contributed by atoms with E-state index < -0.39 is 0 Å². The van der Waals surface area contributed by atoms with Crippen molar-refractivity contribution in [3.63, 3.8) is 0 Å². The first-order chi connectivity index (χ1) is 16.0. The van der Waals surface area contributed by atoms with Gasteiger partial charge in [0.25, 0.3) is 0 Å². The van der Waals surface area contributed by atoms with Crippen LogP contribution in [-0.2, 0) is 33.3 Å².